The molecule has 3 aromatic carbocycles. The summed E-state index contributed by atoms with van der Waals surface area (Å²) in [5.74, 6) is 0.116. The second-order valence-electron chi connectivity index (χ2n) is 9.14. The number of halogens is 1. The molecule has 1 fully saturated rings. The van der Waals surface area contributed by atoms with E-state index in [-0.39, 0.29) is 22.0 Å². The van der Waals surface area contributed by atoms with Crippen molar-refractivity contribution in [3.8, 4) is 11.1 Å². The highest BCUT2D eigenvalue weighted by atomic mass is 127. The highest BCUT2D eigenvalue weighted by Crippen LogP contribution is 2.57. The third-order valence-corrected chi connectivity index (χ3v) is 8.06. The molecule has 32 heavy (non-hydrogen) atoms. The van der Waals surface area contributed by atoms with Gasteiger partial charge in [0.15, 0.2) is 0 Å². The molecule has 2 aliphatic rings. The van der Waals surface area contributed by atoms with Crippen LogP contribution >= 0.6 is 22.6 Å². The van der Waals surface area contributed by atoms with Crippen LogP contribution in [-0.4, -0.2) is 33.5 Å². The van der Waals surface area contributed by atoms with Crippen molar-refractivity contribution < 1.29 is 9.53 Å². The first kappa shape index (κ1) is 21.7. The van der Waals surface area contributed by atoms with Crippen LogP contribution in [-0.2, 0) is 15.1 Å². The molecule has 0 amide bonds. The Hall–Kier alpha value is -2.18. The van der Waals surface area contributed by atoms with Crippen LogP contribution in [0, 0.1) is 5.92 Å². The van der Waals surface area contributed by atoms with Gasteiger partial charge in [-0.1, -0.05) is 115 Å². The van der Waals surface area contributed by atoms with Gasteiger partial charge in [0, 0.05) is 13.5 Å². The number of carbonyl (C=O) groups excluding carboxylic acids is 1. The van der Waals surface area contributed by atoms with Crippen molar-refractivity contribution >= 4 is 28.6 Å². The van der Waals surface area contributed by atoms with Gasteiger partial charge in [-0.15, -0.1) is 0 Å². The van der Waals surface area contributed by atoms with Crippen molar-refractivity contribution in [2.45, 2.75) is 42.4 Å². The Morgan fingerprint density at radius 3 is 2.00 bits per heavy atom. The van der Waals surface area contributed by atoms with Gasteiger partial charge >= 0.3 is 5.97 Å². The van der Waals surface area contributed by atoms with Gasteiger partial charge in [0.2, 0.25) is 0 Å². The van der Waals surface area contributed by atoms with E-state index in [9.17, 15) is 4.79 Å². The number of benzene rings is 3. The molecule has 0 radical (unpaired) electrons. The number of hydrogen-bond acceptors (Lipinski definition) is 3. The maximum atomic E-state index is 12.0. The number of hydrogen-bond donors (Lipinski definition) is 0. The fraction of sp³-hybridized carbons (Fsp3) is 0.321. The Labute approximate surface area is 203 Å². The first-order valence-electron chi connectivity index (χ1n) is 11.3. The number of rotatable bonds is 4. The molecule has 0 bridgehead atoms. The number of fused-ring (bicyclic) bond motifs is 3. The fourth-order valence-electron chi connectivity index (χ4n) is 5.92. The van der Waals surface area contributed by atoms with Crippen LogP contribution in [0.3, 0.4) is 0 Å². The highest BCUT2D eigenvalue weighted by molar-refractivity contribution is 14.1. The van der Waals surface area contributed by atoms with Gasteiger partial charge in [-0.3, -0.25) is 9.69 Å². The summed E-state index contributed by atoms with van der Waals surface area (Å²) in [4.78, 5) is 14.7. The standard InChI is InChI=1S/C28H28INO2/c1-18(2)26-27(32-19(3)31)25(29)17-30(26)28(20-11-5-4-6-12-20)23-15-9-7-13-21(23)22-14-8-10-16-24(22)28/h4-16,18,25-27H,17H2,1-3H3/t25-,26-,27+/m0/s1. The first-order chi connectivity index (χ1) is 15.5. The zero-order valence-corrected chi connectivity index (χ0v) is 20.8. The quantitative estimate of drug-likeness (QED) is 0.231. The maximum absolute atomic E-state index is 12.0. The Morgan fingerprint density at radius 2 is 1.47 bits per heavy atom. The molecule has 4 heteroatoms. The van der Waals surface area contributed by atoms with Gasteiger partial charge in [0.1, 0.15) is 6.10 Å². The molecule has 0 spiro atoms. The van der Waals surface area contributed by atoms with Crippen LogP contribution < -0.4 is 0 Å². The zero-order valence-electron chi connectivity index (χ0n) is 18.7. The van der Waals surface area contributed by atoms with Crippen molar-refractivity contribution in [1.82, 2.24) is 4.90 Å². The second kappa shape index (κ2) is 8.31. The molecule has 3 aromatic rings. The predicted octanol–water partition coefficient (Wildman–Crippen LogP) is 6.03. The van der Waals surface area contributed by atoms with Crippen LogP contribution in [0.25, 0.3) is 11.1 Å². The number of ether oxygens (including phenoxy) is 1. The van der Waals surface area contributed by atoms with Gasteiger partial charge in [-0.2, -0.15) is 0 Å². The van der Waals surface area contributed by atoms with E-state index in [2.05, 4.69) is 120 Å². The normalized spacial score (nSPS) is 23.7. The Bertz CT molecular complexity index is 1100. The minimum atomic E-state index is -0.429. The molecular weight excluding hydrogens is 509 g/mol. The largest absolute Gasteiger partial charge is 0.460 e. The maximum Gasteiger partial charge on any atom is 0.302 e. The van der Waals surface area contributed by atoms with E-state index in [4.69, 9.17) is 4.74 Å². The number of carbonyl (C=O) groups is 1. The first-order valence-corrected chi connectivity index (χ1v) is 12.5. The molecule has 0 saturated carbocycles. The van der Waals surface area contributed by atoms with Crippen LogP contribution in [0.15, 0.2) is 78.9 Å². The van der Waals surface area contributed by atoms with E-state index in [0.717, 1.165) is 6.54 Å². The number of likely N-dealkylation sites (tertiary alicyclic amines) is 1. The monoisotopic (exact) mass is 537 g/mol. The lowest BCUT2D eigenvalue weighted by Crippen LogP contribution is -2.53. The van der Waals surface area contributed by atoms with Crippen molar-refractivity contribution in [2.75, 3.05) is 6.54 Å². The summed E-state index contributed by atoms with van der Waals surface area (Å²) in [7, 11) is 0. The third kappa shape index (κ3) is 3.14. The SMILES string of the molecule is CC(=O)O[C@@H]1[C@@H](I)CN(C2(c3ccccc3)c3ccccc3-c3ccccc32)[C@H]1C(C)C. The van der Waals surface area contributed by atoms with Crippen molar-refractivity contribution in [2.24, 2.45) is 5.92 Å². The lowest BCUT2D eigenvalue weighted by Gasteiger charge is -2.46. The summed E-state index contributed by atoms with van der Waals surface area (Å²) in [5, 5.41) is 0. The molecule has 1 saturated heterocycles. The molecule has 1 heterocycles. The van der Waals surface area contributed by atoms with Crippen molar-refractivity contribution in [3.05, 3.63) is 95.6 Å². The van der Waals surface area contributed by atoms with E-state index in [0.29, 0.717) is 5.92 Å². The molecular formula is C28H28INO2. The molecule has 1 aliphatic carbocycles. The molecule has 3 atom stereocenters. The molecule has 0 N–H and O–H groups in total. The minimum Gasteiger partial charge on any atom is -0.460 e. The predicted molar refractivity (Wildman–Crippen MR) is 137 cm³/mol. The molecule has 5 rings (SSSR count). The number of nitrogens with zero attached hydrogens (tertiary/aromatic N) is 1. The fourth-order valence-corrected chi connectivity index (χ4v) is 6.91. The average Bonchev–Trinajstić information content (AvgIpc) is 3.27. The summed E-state index contributed by atoms with van der Waals surface area (Å²) in [6.07, 6.45) is -0.145. The lowest BCUT2D eigenvalue weighted by atomic mass is 9.77. The van der Waals surface area contributed by atoms with Crippen LogP contribution in [0.1, 0.15) is 37.5 Å². The van der Waals surface area contributed by atoms with Crippen LogP contribution in [0.4, 0.5) is 0 Å². The highest BCUT2D eigenvalue weighted by Gasteiger charge is 2.57. The molecule has 164 valence electrons. The van der Waals surface area contributed by atoms with Gasteiger partial charge in [-0.25, -0.2) is 0 Å². The van der Waals surface area contributed by atoms with Crippen molar-refractivity contribution in [1.29, 1.82) is 0 Å². The van der Waals surface area contributed by atoms with Gasteiger partial charge in [0.25, 0.3) is 0 Å². The Morgan fingerprint density at radius 1 is 0.938 bits per heavy atom. The minimum absolute atomic E-state index is 0.0974. The van der Waals surface area contributed by atoms with E-state index < -0.39 is 5.54 Å². The molecule has 0 aromatic heterocycles. The third-order valence-electron chi connectivity index (χ3n) is 6.96. The Balaban J connectivity index is 1.82. The summed E-state index contributed by atoms with van der Waals surface area (Å²) < 4.78 is 6.17. The smallest absolute Gasteiger partial charge is 0.302 e. The second-order valence-corrected chi connectivity index (χ2v) is 10.7. The summed E-state index contributed by atoms with van der Waals surface area (Å²) in [6, 6.07) is 28.5. The van der Waals surface area contributed by atoms with E-state index in [1.165, 1.54) is 34.7 Å². The molecule has 1 aliphatic heterocycles. The summed E-state index contributed by atoms with van der Waals surface area (Å²) >= 11 is 2.48. The van der Waals surface area contributed by atoms with Gasteiger partial charge in [-0.05, 0) is 33.7 Å². The Kier molecular flexibility index (Phi) is 5.62. The van der Waals surface area contributed by atoms with E-state index in [1.807, 2.05) is 0 Å². The van der Waals surface area contributed by atoms with Crippen LogP contribution in [0.2, 0.25) is 0 Å². The summed E-state index contributed by atoms with van der Waals surface area (Å²) in [5.41, 5.74) is 6.03. The van der Waals surface area contributed by atoms with Gasteiger partial charge in [0.05, 0.1) is 15.5 Å². The zero-order chi connectivity index (χ0) is 22.5. The van der Waals surface area contributed by atoms with E-state index in [1.54, 1.807) is 0 Å². The van der Waals surface area contributed by atoms with Gasteiger partial charge < -0.3 is 4.74 Å². The average molecular weight is 537 g/mol. The number of alkyl halides is 1. The summed E-state index contributed by atoms with van der Waals surface area (Å²) in [6.45, 7) is 6.86. The van der Waals surface area contributed by atoms with Crippen LogP contribution in [0.5, 0.6) is 0 Å². The topological polar surface area (TPSA) is 29.5 Å². The van der Waals surface area contributed by atoms with E-state index >= 15 is 0 Å². The molecule has 3 nitrogen and oxygen atoms in total. The van der Waals surface area contributed by atoms with Crippen molar-refractivity contribution in [3.63, 3.8) is 0 Å². The number of esters is 1. The molecule has 0 unspecified atom stereocenters. The lowest BCUT2D eigenvalue weighted by molar-refractivity contribution is -0.148.